The van der Waals surface area contributed by atoms with Crippen molar-refractivity contribution in [1.82, 2.24) is 25.1 Å². The summed E-state index contributed by atoms with van der Waals surface area (Å²) in [6.45, 7) is 14.0. The highest BCUT2D eigenvalue weighted by Crippen LogP contribution is 2.33. The predicted octanol–water partition coefficient (Wildman–Crippen LogP) is 3.36. The molecule has 0 spiro atoms. The Balaban J connectivity index is 1.52. The van der Waals surface area contributed by atoms with Crippen LogP contribution >= 0.6 is 11.3 Å². The van der Waals surface area contributed by atoms with E-state index in [1.54, 1.807) is 11.3 Å². The van der Waals surface area contributed by atoms with Crippen molar-refractivity contribution in [2.24, 2.45) is 0 Å². The second kappa shape index (κ2) is 8.26. The number of nitrogens with one attached hydrogen (secondary N) is 2. The smallest absolute Gasteiger partial charge is 0.221 e. The molecule has 0 aromatic carbocycles. The number of anilines is 1. The lowest BCUT2D eigenvalue weighted by Gasteiger charge is -2.10. The molecule has 0 radical (unpaired) electrons. The SMILES string of the molecule is Cc1nc(NCCC(=O)NCCn2nc(C)c(C)c2C)c2c(C)c(C)sc2n1. The van der Waals surface area contributed by atoms with Crippen LogP contribution in [-0.4, -0.2) is 38.7 Å². The summed E-state index contributed by atoms with van der Waals surface area (Å²) in [6.07, 6.45) is 0.392. The first-order valence-electron chi connectivity index (χ1n) is 9.53. The molecule has 150 valence electrons. The molecule has 3 heterocycles. The number of aryl methyl sites for hydroxylation is 4. The van der Waals surface area contributed by atoms with Crippen LogP contribution in [0.2, 0.25) is 0 Å². The van der Waals surface area contributed by atoms with Crippen molar-refractivity contribution < 1.29 is 4.79 Å². The highest BCUT2D eigenvalue weighted by atomic mass is 32.1. The third kappa shape index (κ3) is 4.16. The summed E-state index contributed by atoms with van der Waals surface area (Å²) >= 11 is 1.68. The molecule has 0 atom stereocenters. The zero-order valence-corrected chi connectivity index (χ0v) is 18.3. The van der Waals surface area contributed by atoms with Crippen LogP contribution in [-0.2, 0) is 11.3 Å². The molecule has 0 saturated heterocycles. The average molecular weight is 401 g/mol. The lowest BCUT2D eigenvalue weighted by Crippen LogP contribution is -2.29. The van der Waals surface area contributed by atoms with Crippen LogP contribution in [0.1, 0.15) is 39.6 Å². The second-order valence-electron chi connectivity index (χ2n) is 7.13. The molecular formula is C20H28N6OS. The van der Waals surface area contributed by atoms with Gasteiger partial charge < -0.3 is 10.6 Å². The Morgan fingerprint density at radius 3 is 2.46 bits per heavy atom. The molecule has 0 unspecified atom stereocenters. The molecule has 8 heteroatoms. The Hall–Kier alpha value is -2.48. The van der Waals surface area contributed by atoms with Gasteiger partial charge in [0.25, 0.3) is 0 Å². The molecular weight excluding hydrogens is 372 g/mol. The lowest BCUT2D eigenvalue weighted by molar-refractivity contribution is -0.120. The van der Waals surface area contributed by atoms with E-state index in [-0.39, 0.29) is 5.91 Å². The van der Waals surface area contributed by atoms with Gasteiger partial charge in [0.1, 0.15) is 16.5 Å². The van der Waals surface area contributed by atoms with Gasteiger partial charge in [-0.15, -0.1) is 11.3 Å². The highest BCUT2D eigenvalue weighted by molar-refractivity contribution is 7.18. The molecule has 0 bridgehead atoms. The number of nitrogens with zero attached hydrogens (tertiary/aromatic N) is 4. The van der Waals surface area contributed by atoms with Gasteiger partial charge in [-0.3, -0.25) is 9.48 Å². The number of hydrogen-bond donors (Lipinski definition) is 2. The zero-order valence-electron chi connectivity index (χ0n) is 17.4. The molecule has 3 aromatic rings. The minimum Gasteiger partial charge on any atom is -0.369 e. The molecule has 7 nitrogen and oxygen atoms in total. The van der Waals surface area contributed by atoms with Gasteiger partial charge in [0, 0.05) is 30.1 Å². The largest absolute Gasteiger partial charge is 0.369 e. The Kier molecular flexibility index (Phi) is 5.98. The predicted molar refractivity (Wildman–Crippen MR) is 114 cm³/mol. The summed E-state index contributed by atoms with van der Waals surface area (Å²) in [6, 6.07) is 0. The van der Waals surface area contributed by atoms with E-state index in [1.165, 1.54) is 16.0 Å². The standard InChI is InChI=1S/C20H28N6OS/c1-11-13(3)25-26(14(11)4)10-9-21-17(27)7-8-22-19-18-12(2)15(5)28-20(18)24-16(6)23-19/h7-10H2,1-6H3,(H,21,27)(H,22,23,24). The maximum Gasteiger partial charge on any atom is 0.221 e. The molecule has 0 saturated carbocycles. The van der Waals surface area contributed by atoms with Gasteiger partial charge in [-0.1, -0.05) is 0 Å². The van der Waals surface area contributed by atoms with Crippen LogP contribution in [0, 0.1) is 41.5 Å². The molecule has 0 fully saturated rings. The van der Waals surface area contributed by atoms with Crippen molar-refractivity contribution in [3.63, 3.8) is 0 Å². The van der Waals surface area contributed by atoms with E-state index < -0.39 is 0 Å². The maximum atomic E-state index is 12.2. The third-order valence-electron chi connectivity index (χ3n) is 5.17. The van der Waals surface area contributed by atoms with E-state index in [1.807, 2.05) is 18.5 Å². The Morgan fingerprint density at radius 2 is 1.79 bits per heavy atom. The Bertz CT molecular complexity index is 1020. The number of hydrogen-bond acceptors (Lipinski definition) is 6. The zero-order chi connectivity index (χ0) is 20.4. The first-order chi connectivity index (χ1) is 13.3. The van der Waals surface area contributed by atoms with Gasteiger partial charge in [-0.05, 0) is 52.7 Å². The van der Waals surface area contributed by atoms with E-state index in [2.05, 4.69) is 53.4 Å². The molecule has 2 N–H and O–H groups in total. The van der Waals surface area contributed by atoms with E-state index in [9.17, 15) is 4.79 Å². The summed E-state index contributed by atoms with van der Waals surface area (Å²) in [5.41, 5.74) is 4.60. The topological polar surface area (TPSA) is 84.7 Å². The van der Waals surface area contributed by atoms with Crippen LogP contribution in [0.25, 0.3) is 10.2 Å². The average Bonchev–Trinajstić information content (AvgIpc) is 3.05. The minimum atomic E-state index is 0.0194. The van der Waals surface area contributed by atoms with Gasteiger partial charge in [0.05, 0.1) is 17.6 Å². The van der Waals surface area contributed by atoms with Crippen LogP contribution in [0.4, 0.5) is 5.82 Å². The summed E-state index contributed by atoms with van der Waals surface area (Å²) in [4.78, 5) is 23.5. The molecule has 3 aromatic heterocycles. The van der Waals surface area contributed by atoms with Gasteiger partial charge >= 0.3 is 0 Å². The van der Waals surface area contributed by atoms with Crippen molar-refractivity contribution in [3.05, 3.63) is 33.2 Å². The monoisotopic (exact) mass is 400 g/mol. The fraction of sp³-hybridized carbons (Fsp3) is 0.500. The van der Waals surface area contributed by atoms with E-state index >= 15 is 0 Å². The van der Waals surface area contributed by atoms with Crippen molar-refractivity contribution >= 4 is 33.3 Å². The van der Waals surface area contributed by atoms with Gasteiger partial charge in [0.15, 0.2) is 0 Å². The van der Waals surface area contributed by atoms with Crippen LogP contribution in [0.15, 0.2) is 0 Å². The van der Waals surface area contributed by atoms with Crippen LogP contribution in [0.5, 0.6) is 0 Å². The van der Waals surface area contributed by atoms with Crippen molar-refractivity contribution in [2.75, 3.05) is 18.4 Å². The number of aromatic nitrogens is 4. The van der Waals surface area contributed by atoms with Gasteiger partial charge in [-0.2, -0.15) is 5.10 Å². The molecule has 0 aliphatic rings. The highest BCUT2D eigenvalue weighted by Gasteiger charge is 2.13. The van der Waals surface area contributed by atoms with Crippen LogP contribution in [0.3, 0.4) is 0 Å². The fourth-order valence-electron chi connectivity index (χ4n) is 3.17. The number of fused-ring (bicyclic) bond motifs is 1. The molecule has 1 amide bonds. The van der Waals surface area contributed by atoms with Crippen molar-refractivity contribution in [2.45, 2.75) is 54.5 Å². The minimum absolute atomic E-state index is 0.0194. The van der Waals surface area contributed by atoms with Crippen LogP contribution < -0.4 is 10.6 Å². The van der Waals surface area contributed by atoms with Gasteiger partial charge in [0.2, 0.25) is 5.91 Å². The van der Waals surface area contributed by atoms with Gasteiger partial charge in [-0.25, -0.2) is 9.97 Å². The molecule has 3 rings (SSSR count). The van der Waals surface area contributed by atoms with Crippen molar-refractivity contribution in [1.29, 1.82) is 0 Å². The number of amides is 1. The molecule has 0 aliphatic carbocycles. The molecule has 0 aliphatic heterocycles. The van der Waals surface area contributed by atoms with E-state index in [4.69, 9.17) is 0 Å². The maximum absolute atomic E-state index is 12.2. The van der Waals surface area contributed by atoms with E-state index in [0.717, 1.165) is 33.2 Å². The van der Waals surface area contributed by atoms with E-state index in [0.29, 0.717) is 26.1 Å². The number of rotatable bonds is 7. The summed E-state index contributed by atoms with van der Waals surface area (Å²) in [5, 5.41) is 11.8. The molecule has 28 heavy (non-hydrogen) atoms. The second-order valence-corrected chi connectivity index (χ2v) is 8.33. The van der Waals surface area contributed by atoms with Crippen molar-refractivity contribution in [3.8, 4) is 0 Å². The first-order valence-corrected chi connectivity index (χ1v) is 10.3. The first kappa shape index (κ1) is 20.3. The number of thiophene rings is 1. The Labute approximate surface area is 169 Å². The lowest BCUT2D eigenvalue weighted by atomic mass is 10.2. The summed E-state index contributed by atoms with van der Waals surface area (Å²) in [7, 11) is 0. The third-order valence-corrected chi connectivity index (χ3v) is 6.28. The normalized spacial score (nSPS) is 11.2. The summed E-state index contributed by atoms with van der Waals surface area (Å²) < 4.78 is 1.95. The Morgan fingerprint density at radius 1 is 1.04 bits per heavy atom. The summed E-state index contributed by atoms with van der Waals surface area (Å²) in [5.74, 6) is 1.57. The number of carbonyl (C=O) groups is 1. The number of carbonyl (C=O) groups excluding carboxylic acids is 1. The fourth-order valence-corrected chi connectivity index (χ4v) is 4.25. The quantitative estimate of drug-likeness (QED) is 0.635.